The second-order valence-electron chi connectivity index (χ2n) is 6.72. The van der Waals surface area contributed by atoms with Gasteiger partial charge in [-0.1, -0.05) is 12.8 Å². The lowest BCUT2D eigenvalue weighted by molar-refractivity contribution is 0.0513. The summed E-state index contributed by atoms with van der Waals surface area (Å²) in [5.41, 5.74) is 0. The van der Waals surface area contributed by atoms with Crippen LogP contribution in [0.2, 0.25) is 0 Å². The number of hydrogen-bond donors (Lipinski definition) is 2. The summed E-state index contributed by atoms with van der Waals surface area (Å²) in [7, 11) is 0. The third-order valence-corrected chi connectivity index (χ3v) is 6.54. The van der Waals surface area contributed by atoms with Gasteiger partial charge in [-0.05, 0) is 44.3 Å². The van der Waals surface area contributed by atoms with E-state index in [9.17, 15) is 0 Å². The van der Waals surface area contributed by atoms with Crippen LogP contribution in [0, 0.1) is 5.92 Å². The molecule has 2 N–H and O–H groups in total. The summed E-state index contributed by atoms with van der Waals surface area (Å²) < 4.78 is 5.67. The van der Waals surface area contributed by atoms with E-state index in [-0.39, 0.29) is 12.4 Å². The van der Waals surface area contributed by atoms with Gasteiger partial charge in [0.15, 0.2) is 0 Å². The van der Waals surface area contributed by atoms with Crippen LogP contribution < -0.4 is 10.6 Å². The minimum atomic E-state index is 0. The number of halogens is 1. The molecule has 0 radical (unpaired) electrons. The van der Waals surface area contributed by atoms with Gasteiger partial charge in [-0.15, -0.1) is 12.4 Å². The number of rotatable bonds is 4. The molecule has 2 saturated carbocycles. The van der Waals surface area contributed by atoms with E-state index in [4.69, 9.17) is 4.74 Å². The summed E-state index contributed by atoms with van der Waals surface area (Å²) in [6.45, 7) is 2.84. The SMILES string of the molecule is CSC1CCCC(NC2CCCC2C2COCCN2)C1.Cl. The third kappa shape index (κ3) is 4.74. The molecule has 3 rings (SSSR count). The highest BCUT2D eigenvalue weighted by Gasteiger charge is 2.36. The van der Waals surface area contributed by atoms with Crippen LogP contribution in [0.1, 0.15) is 44.9 Å². The lowest BCUT2D eigenvalue weighted by atomic mass is 9.90. The van der Waals surface area contributed by atoms with Crippen LogP contribution in [0.25, 0.3) is 0 Å². The highest BCUT2D eigenvalue weighted by molar-refractivity contribution is 7.99. The molecule has 1 heterocycles. The van der Waals surface area contributed by atoms with Crippen LogP contribution >= 0.6 is 24.2 Å². The van der Waals surface area contributed by atoms with Crippen molar-refractivity contribution in [3.63, 3.8) is 0 Å². The number of ether oxygens (including phenoxy) is 1. The van der Waals surface area contributed by atoms with Crippen LogP contribution in [0.4, 0.5) is 0 Å². The Bertz CT molecular complexity index is 302. The highest BCUT2D eigenvalue weighted by atomic mass is 35.5. The molecule has 3 aliphatic rings. The lowest BCUT2D eigenvalue weighted by Crippen LogP contribution is -2.53. The Morgan fingerprint density at radius 1 is 1.14 bits per heavy atom. The van der Waals surface area contributed by atoms with Gasteiger partial charge in [-0.3, -0.25) is 0 Å². The summed E-state index contributed by atoms with van der Waals surface area (Å²) in [4.78, 5) is 0. The Labute approximate surface area is 140 Å². The zero-order chi connectivity index (χ0) is 13.8. The topological polar surface area (TPSA) is 33.3 Å². The molecular weight excluding hydrogens is 304 g/mol. The second kappa shape index (κ2) is 8.97. The lowest BCUT2D eigenvalue weighted by Gasteiger charge is -2.36. The second-order valence-corrected chi connectivity index (χ2v) is 7.86. The third-order valence-electron chi connectivity index (χ3n) is 5.45. The molecule has 0 aromatic rings. The minimum Gasteiger partial charge on any atom is -0.379 e. The molecule has 2 aliphatic carbocycles. The van der Waals surface area contributed by atoms with Crippen molar-refractivity contribution in [1.29, 1.82) is 0 Å². The Morgan fingerprint density at radius 3 is 2.76 bits per heavy atom. The fraction of sp³-hybridized carbons (Fsp3) is 1.00. The Hall–Kier alpha value is 0.520. The van der Waals surface area contributed by atoms with E-state index in [1.54, 1.807) is 0 Å². The van der Waals surface area contributed by atoms with Gasteiger partial charge in [0, 0.05) is 29.9 Å². The molecule has 0 amide bonds. The molecule has 0 spiro atoms. The summed E-state index contributed by atoms with van der Waals surface area (Å²) in [5.74, 6) is 0.782. The monoisotopic (exact) mass is 334 g/mol. The van der Waals surface area contributed by atoms with Crippen molar-refractivity contribution in [2.24, 2.45) is 5.92 Å². The Balaban J connectivity index is 0.00000161. The van der Waals surface area contributed by atoms with Crippen molar-refractivity contribution in [2.75, 3.05) is 26.0 Å². The number of thioether (sulfide) groups is 1. The first-order valence-corrected chi connectivity index (χ1v) is 9.75. The fourth-order valence-electron chi connectivity index (χ4n) is 4.35. The average molecular weight is 335 g/mol. The van der Waals surface area contributed by atoms with Crippen LogP contribution in [-0.4, -0.2) is 49.4 Å². The molecule has 124 valence electrons. The van der Waals surface area contributed by atoms with E-state index >= 15 is 0 Å². The van der Waals surface area contributed by atoms with Crippen molar-refractivity contribution in [1.82, 2.24) is 10.6 Å². The van der Waals surface area contributed by atoms with E-state index < -0.39 is 0 Å². The van der Waals surface area contributed by atoms with Gasteiger partial charge in [-0.2, -0.15) is 11.8 Å². The predicted octanol–water partition coefficient (Wildman–Crippen LogP) is 2.83. The van der Waals surface area contributed by atoms with E-state index in [0.717, 1.165) is 43.0 Å². The van der Waals surface area contributed by atoms with Gasteiger partial charge in [0.2, 0.25) is 0 Å². The van der Waals surface area contributed by atoms with Crippen molar-refractivity contribution in [3.8, 4) is 0 Å². The van der Waals surface area contributed by atoms with Crippen molar-refractivity contribution >= 4 is 24.2 Å². The van der Waals surface area contributed by atoms with Crippen LogP contribution in [-0.2, 0) is 4.74 Å². The molecule has 1 aliphatic heterocycles. The van der Waals surface area contributed by atoms with E-state index in [2.05, 4.69) is 28.7 Å². The molecule has 5 unspecified atom stereocenters. The highest BCUT2D eigenvalue weighted by Crippen LogP contribution is 2.32. The minimum absolute atomic E-state index is 0. The van der Waals surface area contributed by atoms with Crippen molar-refractivity contribution < 1.29 is 4.74 Å². The molecule has 3 nitrogen and oxygen atoms in total. The molecule has 5 heteroatoms. The van der Waals surface area contributed by atoms with Gasteiger partial charge in [-0.25, -0.2) is 0 Å². The maximum atomic E-state index is 5.67. The smallest absolute Gasteiger partial charge is 0.0623 e. The zero-order valence-corrected chi connectivity index (χ0v) is 14.8. The van der Waals surface area contributed by atoms with E-state index in [1.807, 2.05) is 0 Å². The zero-order valence-electron chi connectivity index (χ0n) is 13.2. The van der Waals surface area contributed by atoms with Crippen LogP contribution in [0.5, 0.6) is 0 Å². The first kappa shape index (κ1) is 17.9. The van der Waals surface area contributed by atoms with Gasteiger partial charge in [0.1, 0.15) is 0 Å². The summed E-state index contributed by atoms with van der Waals surface area (Å²) in [6.07, 6.45) is 12.0. The van der Waals surface area contributed by atoms with Gasteiger partial charge < -0.3 is 15.4 Å². The Kier molecular flexibility index (Phi) is 7.63. The first-order chi connectivity index (χ1) is 9.86. The van der Waals surface area contributed by atoms with Gasteiger partial charge in [0.25, 0.3) is 0 Å². The molecule has 0 aromatic carbocycles. The molecular formula is C16H31ClN2OS. The molecule has 0 bridgehead atoms. The first-order valence-electron chi connectivity index (χ1n) is 8.47. The predicted molar refractivity (Wildman–Crippen MR) is 93.7 cm³/mol. The molecule has 0 aromatic heterocycles. The van der Waals surface area contributed by atoms with Gasteiger partial charge in [0.05, 0.1) is 13.2 Å². The number of nitrogens with one attached hydrogen (secondary N) is 2. The van der Waals surface area contributed by atoms with E-state index in [0.29, 0.717) is 6.04 Å². The van der Waals surface area contributed by atoms with Gasteiger partial charge >= 0.3 is 0 Å². The normalized spacial score (nSPS) is 40.7. The maximum Gasteiger partial charge on any atom is 0.0623 e. The van der Waals surface area contributed by atoms with Crippen LogP contribution in [0.3, 0.4) is 0 Å². The average Bonchev–Trinajstić information content (AvgIpc) is 2.96. The summed E-state index contributed by atoms with van der Waals surface area (Å²) >= 11 is 2.06. The standard InChI is InChI=1S/C16H30N2OS.ClH/c1-20-13-5-2-4-12(10-13)18-15-7-3-6-14(15)16-11-19-9-8-17-16;/h12-18H,2-11H2,1H3;1H. The molecule has 3 fully saturated rings. The summed E-state index contributed by atoms with van der Waals surface area (Å²) in [6, 6.07) is 2.07. The fourth-order valence-corrected chi connectivity index (χ4v) is 5.18. The van der Waals surface area contributed by atoms with Crippen molar-refractivity contribution in [2.45, 2.75) is 68.3 Å². The van der Waals surface area contributed by atoms with Crippen LogP contribution in [0.15, 0.2) is 0 Å². The largest absolute Gasteiger partial charge is 0.379 e. The number of hydrogen-bond acceptors (Lipinski definition) is 4. The Morgan fingerprint density at radius 2 is 2.00 bits per heavy atom. The summed E-state index contributed by atoms with van der Waals surface area (Å²) in [5, 5.41) is 8.59. The van der Waals surface area contributed by atoms with E-state index in [1.165, 1.54) is 44.9 Å². The van der Waals surface area contributed by atoms with Crippen molar-refractivity contribution in [3.05, 3.63) is 0 Å². The number of morpholine rings is 1. The quantitative estimate of drug-likeness (QED) is 0.828. The maximum absolute atomic E-state index is 5.67. The molecule has 21 heavy (non-hydrogen) atoms. The molecule has 5 atom stereocenters. The molecule has 1 saturated heterocycles.